The molecule has 1 aliphatic rings. The fourth-order valence-corrected chi connectivity index (χ4v) is 4.25. The Morgan fingerprint density at radius 3 is 2.48 bits per heavy atom. The minimum absolute atomic E-state index is 0.267. The maximum Gasteiger partial charge on any atom is 0.258 e. The Morgan fingerprint density at radius 2 is 1.74 bits per heavy atom. The lowest BCUT2D eigenvalue weighted by molar-refractivity contribution is 0.102. The van der Waals surface area contributed by atoms with Crippen molar-refractivity contribution in [2.75, 3.05) is 11.1 Å². The van der Waals surface area contributed by atoms with Crippen LogP contribution in [-0.2, 0) is 0 Å². The Bertz CT molecular complexity index is 1210. The molecule has 1 fully saturated rings. The number of anilines is 2. The average molecular weight is 413 g/mol. The molecule has 1 aliphatic carbocycles. The predicted molar refractivity (Wildman–Crippen MR) is 119 cm³/mol. The molecule has 156 valence electrons. The molecule has 3 N–H and O–H groups in total. The zero-order valence-electron chi connectivity index (χ0n) is 17.0. The van der Waals surface area contributed by atoms with E-state index in [0.29, 0.717) is 17.3 Å². The monoisotopic (exact) mass is 413 g/mol. The number of nitrogen functional groups attached to an aromatic ring is 1. The number of rotatable bonds is 4. The Kier molecular flexibility index (Phi) is 5.03. The lowest BCUT2D eigenvalue weighted by atomic mass is 9.89. The maximum absolute atomic E-state index is 12.5. The number of benzene rings is 1. The van der Waals surface area contributed by atoms with Gasteiger partial charge in [-0.3, -0.25) is 14.5 Å². The molecule has 4 aromatic rings. The van der Waals surface area contributed by atoms with Crippen LogP contribution in [0, 0.1) is 0 Å². The number of amides is 1. The van der Waals surface area contributed by atoms with Gasteiger partial charge in [-0.2, -0.15) is 0 Å². The van der Waals surface area contributed by atoms with Crippen molar-refractivity contribution in [1.82, 2.24) is 24.3 Å². The molecule has 8 nitrogen and oxygen atoms in total. The molecule has 3 aromatic heterocycles. The van der Waals surface area contributed by atoms with E-state index in [1.807, 2.05) is 18.3 Å². The van der Waals surface area contributed by atoms with Gasteiger partial charge in [0.1, 0.15) is 22.9 Å². The fourth-order valence-electron chi connectivity index (χ4n) is 4.25. The van der Waals surface area contributed by atoms with Crippen molar-refractivity contribution >= 4 is 23.2 Å². The van der Waals surface area contributed by atoms with Gasteiger partial charge in [0.05, 0.1) is 0 Å². The Balaban J connectivity index is 1.48. The van der Waals surface area contributed by atoms with Crippen molar-refractivity contribution in [2.24, 2.45) is 0 Å². The van der Waals surface area contributed by atoms with Crippen LogP contribution in [0.2, 0.25) is 0 Å². The summed E-state index contributed by atoms with van der Waals surface area (Å²) in [4.78, 5) is 29.8. The number of nitrogens with one attached hydrogen (secondary N) is 1. The molecule has 1 aromatic carbocycles. The lowest BCUT2D eigenvalue weighted by Gasteiger charge is -2.20. The highest BCUT2D eigenvalue weighted by atomic mass is 16.1. The third-order valence-corrected chi connectivity index (χ3v) is 5.79. The second-order valence-corrected chi connectivity index (χ2v) is 7.79. The second-order valence-electron chi connectivity index (χ2n) is 7.79. The largest absolute Gasteiger partial charge is 0.382 e. The van der Waals surface area contributed by atoms with Gasteiger partial charge in [-0.05, 0) is 31.0 Å². The first kappa shape index (κ1) is 19.2. The van der Waals surface area contributed by atoms with Crippen LogP contribution < -0.4 is 11.1 Å². The number of hydrogen-bond donors (Lipinski definition) is 2. The standard InChI is InChI=1S/C23H23N7O/c24-20-19-18(28-21(30(19)14-13-25-20)16-5-2-1-3-6-16)15-7-9-17(10-8-15)22(31)29-23-26-11-4-12-27-23/h4,7-14,16H,1-3,5-6H2,(H2,24,25)(H,26,27,29,31). The maximum atomic E-state index is 12.5. The van der Waals surface area contributed by atoms with Crippen LogP contribution >= 0.6 is 0 Å². The van der Waals surface area contributed by atoms with Crippen LogP contribution in [0.4, 0.5) is 11.8 Å². The minimum Gasteiger partial charge on any atom is -0.382 e. The molecule has 0 atom stereocenters. The molecule has 1 saturated carbocycles. The van der Waals surface area contributed by atoms with E-state index < -0.39 is 0 Å². The van der Waals surface area contributed by atoms with Crippen molar-refractivity contribution in [3.8, 4) is 11.3 Å². The second kappa shape index (κ2) is 8.14. The summed E-state index contributed by atoms with van der Waals surface area (Å²) in [5.74, 6) is 1.92. The van der Waals surface area contributed by atoms with Gasteiger partial charge in [-0.1, -0.05) is 31.4 Å². The highest BCUT2D eigenvalue weighted by molar-refractivity contribution is 6.03. The fraction of sp³-hybridized carbons (Fsp3) is 0.261. The normalized spacial score (nSPS) is 14.6. The molecule has 5 rings (SSSR count). The van der Waals surface area contributed by atoms with Crippen LogP contribution in [0.5, 0.6) is 0 Å². The molecule has 0 bridgehead atoms. The Labute approximate surface area is 179 Å². The van der Waals surface area contributed by atoms with Crippen LogP contribution in [0.25, 0.3) is 16.8 Å². The number of nitrogens with zero attached hydrogens (tertiary/aromatic N) is 5. The van der Waals surface area contributed by atoms with Crippen LogP contribution in [0.15, 0.2) is 55.1 Å². The summed E-state index contributed by atoms with van der Waals surface area (Å²) < 4.78 is 2.08. The summed E-state index contributed by atoms with van der Waals surface area (Å²) in [6, 6.07) is 9.01. The molecule has 1 amide bonds. The first-order valence-electron chi connectivity index (χ1n) is 10.5. The first-order chi connectivity index (χ1) is 15.2. The molecular formula is C23H23N7O. The van der Waals surface area contributed by atoms with E-state index in [0.717, 1.165) is 35.4 Å². The van der Waals surface area contributed by atoms with Gasteiger partial charge in [0.25, 0.3) is 5.91 Å². The molecule has 0 saturated heterocycles. The zero-order valence-corrected chi connectivity index (χ0v) is 17.0. The molecule has 31 heavy (non-hydrogen) atoms. The van der Waals surface area contributed by atoms with Gasteiger partial charge in [-0.15, -0.1) is 0 Å². The minimum atomic E-state index is -0.267. The van der Waals surface area contributed by atoms with Crippen molar-refractivity contribution in [3.05, 3.63) is 66.5 Å². The first-order valence-corrected chi connectivity index (χ1v) is 10.5. The molecule has 0 spiro atoms. The van der Waals surface area contributed by atoms with E-state index in [1.165, 1.54) is 19.3 Å². The highest BCUT2D eigenvalue weighted by Gasteiger charge is 2.24. The third kappa shape index (κ3) is 3.72. The van der Waals surface area contributed by atoms with Gasteiger partial charge < -0.3 is 5.73 Å². The van der Waals surface area contributed by atoms with E-state index in [-0.39, 0.29) is 11.9 Å². The summed E-state index contributed by atoms with van der Waals surface area (Å²) in [7, 11) is 0. The number of carbonyl (C=O) groups excluding carboxylic acids is 1. The van der Waals surface area contributed by atoms with Crippen molar-refractivity contribution in [3.63, 3.8) is 0 Å². The molecule has 3 heterocycles. The highest BCUT2D eigenvalue weighted by Crippen LogP contribution is 2.36. The van der Waals surface area contributed by atoms with Crippen molar-refractivity contribution in [1.29, 1.82) is 0 Å². The van der Waals surface area contributed by atoms with E-state index in [1.54, 1.807) is 36.8 Å². The molecule has 0 radical (unpaired) electrons. The van der Waals surface area contributed by atoms with Crippen LogP contribution in [0.1, 0.15) is 54.2 Å². The molecular weight excluding hydrogens is 390 g/mol. The number of fused-ring (bicyclic) bond motifs is 1. The number of carbonyl (C=O) groups is 1. The number of aromatic nitrogens is 5. The van der Waals surface area contributed by atoms with E-state index >= 15 is 0 Å². The lowest BCUT2D eigenvalue weighted by Crippen LogP contribution is -2.13. The Hall–Kier alpha value is -3.81. The van der Waals surface area contributed by atoms with Crippen LogP contribution in [-0.4, -0.2) is 30.2 Å². The smallest absolute Gasteiger partial charge is 0.258 e. The number of hydrogen-bond acceptors (Lipinski definition) is 6. The summed E-state index contributed by atoms with van der Waals surface area (Å²) in [6.07, 6.45) is 12.8. The molecule has 8 heteroatoms. The third-order valence-electron chi connectivity index (χ3n) is 5.79. The predicted octanol–water partition coefficient (Wildman–Crippen LogP) is 4.07. The molecule has 0 unspecified atom stereocenters. The zero-order chi connectivity index (χ0) is 21.2. The van der Waals surface area contributed by atoms with Gasteiger partial charge >= 0.3 is 0 Å². The number of imidazole rings is 1. The van der Waals surface area contributed by atoms with E-state index in [2.05, 4.69) is 24.7 Å². The van der Waals surface area contributed by atoms with Crippen molar-refractivity contribution < 1.29 is 4.79 Å². The van der Waals surface area contributed by atoms with E-state index in [9.17, 15) is 4.79 Å². The van der Waals surface area contributed by atoms with E-state index in [4.69, 9.17) is 10.7 Å². The average Bonchev–Trinajstić information content (AvgIpc) is 3.21. The van der Waals surface area contributed by atoms with Gasteiger partial charge in [0.15, 0.2) is 0 Å². The van der Waals surface area contributed by atoms with Crippen LogP contribution in [0.3, 0.4) is 0 Å². The topological polar surface area (TPSA) is 111 Å². The molecule has 0 aliphatic heterocycles. The SMILES string of the molecule is Nc1nccn2c(C3CCCCC3)nc(-c3ccc(C(=O)Nc4ncccn4)cc3)c12. The Morgan fingerprint density at radius 1 is 1.00 bits per heavy atom. The van der Waals surface area contributed by atoms with Gasteiger partial charge in [0, 0.05) is 41.8 Å². The van der Waals surface area contributed by atoms with Crippen molar-refractivity contribution in [2.45, 2.75) is 38.0 Å². The summed E-state index contributed by atoms with van der Waals surface area (Å²) in [5.41, 5.74) is 9.27. The summed E-state index contributed by atoms with van der Waals surface area (Å²) in [5, 5.41) is 2.69. The number of nitrogens with two attached hydrogens (primary N) is 1. The van der Waals surface area contributed by atoms with Gasteiger partial charge in [-0.25, -0.2) is 19.9 Å². The quantitative estimate of drug-likeness (QED) is 0.522. The summed E-state index contributed by atoms with van der Waals surface area (Å²) in [6.45, 7) is 0. The van der Waals surface area contributed by atoms with Gasteiger partial charge in [0.2, 0.25) is 5.95 Å². The summed E-state index contributed by atoms with van der Waals surface area (Å²) >= 11 is 0.